The molecule has 6 heteroatoms. The highest BCUT2D eigenvalue weighted by molar-refractivity contribution is 7.99. The van der Waals surface area contributed by atoms with Crippen LogP contribution in [0.1, 0.15) is 11.1 Å². The van der Waals surface area contributed by atoms with Crippen molar-refractivity contribution in [2.24, 2.45) is 0 Å². The fourth-order valence-corrected chi connectivity index (χ4v) is 3.79. The third kappa shape index (κ3) is 3.28. The van der Waals surface area contributed by atoms with Crippen LogP contribution in [-0.4, -0.2) is 28.6 Å². The Kier molecular flexibility index (Phi) is 4.28. The number of anilines is 1. The minimum absolute atomic E-state index is 0.000914. The van der Waals surface area contributed by atoms with Crippen molar-refractivity contribution in [1.29, 1.82) is 0 Å². The molecule has 2 N–H and O–H groups in total. The predicted octanol–water partition coefficient (Wildman–Crippen LogP) is 3.03. The van der Waals surface area contributed by atoms with Crippen LogP contribution in [0.2, 0.25) is 0 Å². The van der Waals surface area contributed by atoms with Crippen LogP contribution in [0.3, 0.4) is 0 Å². The molecule has 0 saturated carbocycles. The normalized spacial score (nSPS) is 17.9. The van der Waals surface area contributed by atoms with Crippen molar-refractivity contribution in [1.82, 2.24) is 10.3 Å². The molecule has 1 aromatic carbocycles. The number of nitrogens with one attached hydrogen (secondary N) is 2. The highest BCUT2D eigenvalue weighted by Crippen LogP contribution is 2.26. The number of hydrogen-bond acceptors (Lipinski definition) is 5. The number of thiazole rings is 1. The minimum atomic E-state index is -0.107. The highest BCUT2D eigenvalue weighted by atomic mass is 32.2. The monoisotopic (exact) mass is 319 g/mol. The van der Waals surface area contributed by atoms with Crippen LogP contribution in [0.25, 0.3) is 11.3 Å². The summed E-state index contributed by atoms with van der Waals surface area (Å²) in [5.41, 5.74) is 4.52. The van der Waals surface area contributed by atoms with Gasteiger partial charge in [-0.05, 0) is 31.0 Å². The maximum atomic E-state index is 12.0. The minimum Gasteiger partial charge on any atom is -0.301 e. The number of thioether (sulfide) groups is 1. The van der Waals surface area contributed by atoms with Gasteiger partial charge in [-0.3, -0.25) is 10.1 Å². The Hall–Kier alpha value is -1.37. The van der Waals surface area contributed by atoms with Gasteiger partial charge in [-0.1, -0.05) is 12.1 Å². The maximum absolute atomic E-state index is 12.0. The third-order valence-electron chi connectivity index (χ3n) is 3.57. The fraction of sp³-hybridized carbons (Fsp3) is 0.333. The van der Waals surface area contributed by atoms with E-state index in [1.54, 1.807) is 11.8 Å². The van der Waals surface area contributed by atoms with E-state index in [-0.39, 0.29) is 11.9 Å². The molecular formula is C15H17N3OS2. The van der Waals surface area contributed by atoms with Crippen LogP contribution in [-0.2, 0) is 4.79 Å². The molecule has 0 bridgehead atoms. The molecule has 21 heavy (non-hydrogen) atoms. The number of carbonyl (C=O) groups is 1. The molecule has 1 unspecified atom stereocenters. The van der Waals surface area contributed by atoms with Crippen molar-refractivity contribution in [3.05, 3.63) is 34.7 Å². The van der Waals surface area contributed by atoms with Gasteiger partial charge in [0.2, 0.25) is 5.91 Å². The van der Waals surface area contributed by atoms with Crippen LogP contribution in [0.15, 0.2) is 23.6 Å². The summed E-state index contributed by atoms with van der Waals surface area (Å²) in [6.07, 6.45) is 0. The number of hydrogen-bond donors (Lipinski definition) is 2. The lowest BCUT2D eigenvalue weighted by molar-refractivity contribution is -0.117. The zero-order chi connectivity index (χ0) is 14.8. The molecule has 1 atom stereocenters. The van der Waals surface area contributed by atoms with Gasteiger partial charge in [0.25, 0.3) is 0 Å². The van der Waals surface area contributed by atoms with E-state index in [4.69, 9.17) is 0 Å². The molecule has 1 aliphatic heterocycles. The molecule has 2 aromatic rings. The van der Waals surface area contributed by atoms with Gasteiger partial charge in [0, 0.05) is 22.6 Å². The lowest BCUT2D eigenvalue weighted by atomic mass is 10.1. The molecule has 1 amide bonds. The van der Waals surface area contributed by atoms with Crippen molar-refractivity contribution in [3.8, 4) is 11.3 Å². The lowest BCUT2D eigenvalue weighted by Crippen LogP contribution is -2.37. The summed E-state index contributed by atoms with van der Waals surface area (Å²) in [4.78, 5) is 16.6. The molecule has 1 saturated heterocycles. The zero-order valence-electron chi connectivity index (χ0n) is 12.0. The van der Waals surface area contributed by atoms with Crippen molar-refractivity contribution < 1.29 is 4.79 Å². The van der Waals surface area contributed by atoms with Crippen LogP contribution in [0.4, 0.5) is 5.13 Å². The largest absolute Gasteiger partial charge is 0.301 e. The van der Waals surface area contributed by atoms with Crippen molar-refractivity contribution in [3.63, 3.8) is 0 Å². The number of carbonyl (C=O) groups excluding carboxylic acids is 1. The summed E-state index contributed by atoms with van der Waals surface area (Å²) in [5, 5.41) is 8.69. The second-order valence-corrected chi connectivity index (χ2v) is 6.99. The summed E-state index contributed by atoms with van der Waals surface area (Å²) in [6.45, 7) is 4.19. The number of amides is 1. The Morgan fingerprint density at radius 2 is 2.24 bits per heavy atom. The predicted molar refractivity (Wildman–Crippen MR) is 89.9 cm³/mol. The van der Waals surface area contributed by atoms with Gasteiger partial charge in [0.05, 0.1) is 11.7 Å². The second-order valence-electron chi connectivity index (χ2n) is 5.10. The van der Waals surface area contributed by atoms with Crippen LogP contribution >= 0.6 is 23.1 Å². The van der Waals surface area contributed by atoms with Gasteiger partial charge in [0.15, 0.2) is 5.13 Å². The summed E-state index contributed by atoms with van der Waals surface area (Å²) < 4.78 is 0. The molecule has 1 fully saturated rings. The molecule has 2 heterocycles. The number of aryl methyl sites for hydroxylation is 2. The van der Waals surface area contributed by atoms with E-state index in [2.05, 4.69) is 47.7 Å². The Labute approximate surface area is 132 Å². The quantitative estimate of drug-likeness (QED) is 0.913. The van der Waals surface area contributed by atoms with Crippen LogP contribution in [0, 0.1) is 13.8 Å². The first-order chi connectivity index (χ1) is 10.1. The van der Waals surface area contributed by atoms with Crippen molar-refractivity contribution >= 4 is 34.1 Å². The summed E-state index contributed by atoms with van der Waals surface area (Å²) in [7, 11) is 0. The Morgan fingerprint density at radius 1 is 1.38 bits per heavy atom. The molecule has 0 spiro atoms. The Balaban J connectivity index is 1.73. The van der Waals surface area contributed by atoms with E-state index in [1.165, 1.54) is 22.5 Å². The van der Waals surface area contributed by atoms with Gasteiger partial charge in [-0.2, -0.15) is 0 Å². The van der Waals surface area contributed by atoms with E-state index in [0.29, 0.717) is 5.13 Å². The molecule has 4 nitrogen and oxygen atoms in total. The molecule has 110 valence electrons. The van der Waals surface area contributed by atoms with Crippen LogP contribution in [0.5, 0.6) is 0 Å². The molecule has 0 aliphatic carbocycles. The standard InChI is InChI=1S/C15H17N3OS2/c1-9-3-4-11(5-10(9)2)12-7-21-15(17-12)18-14(19)13-6-20-8-16-13/h3-5,7,13,16H,6,8H2,1-2H3,(H,17,18,19). The topological polar surface area (TPSA) is 54.0 Å². The van der Waals surface area contributed by atoms with E-state index < -0.39 is 0 Å². The van der Waals surface area contributed by atoms with E-state index in [9.17, 15) is 4.79 Å². The highest BCUT2D eigenvalue weighted by Gasteiger charge is 2.23. The van der Waals surface area contributed by atoms with Gasteiger partial charge in [0.1, 0.15) is 0 Å². The molecule has 1 aliphatic rings. The van der Waals surface area contributed by atoms with E-state index >= 15 is 0 Å². The Morgan fingerprint density at radius 3 is 2.95 bits per heavy atom. The summed E-state index contributed by atoms with van der Waals surface area (Å²) >= 11 is 3.20. The molecule has 1 aromatic heterocycles. The average Bonchev–Trinajstić information content (AvgIpc) is 3.12. The second kappa shape index (κ2) is 6.17. The van der Waals surface area contributed by atoms with Crippen molar-refractivity contribution in [2.45, 2.75) is 19.9 Å². The van der Waals surface area contributed by atoms with Crippen molar-refractivity contribution in [2.75, 3.05) is 16.9 Å². The Bertz CT molecular complexity index is 663. The summed E-state index contributed by atoms with van der Waals surface area (Å²) in [5.74, 6) is 1.66. The van der Waals surface area contributed by atoms with Gasteiger partial charge in [-0.25, -0.2) is 4.98 Å². The summed E-state index contributed by atoms with van der Waals surface area (Å²) in [6, 6.07) is 6.19. The van der Waals surface area contributed by atoms with Gasteiger partial charge in [-0.15, -0.1) is 23.1 Å². The van der Waals surface area contributed by atoms with E-state index in [1.807, 2.05) is 5.38 Å². The first-order valence-corrected chi connectivity index (χ1v) is 8.82. The first kappa shape index (κ1) is 14.6. The lowest BCUT2D eigenvalue weighted by Gasteiger charge is -2.07. The van der Waals surface area contributed by atoms with Crippen LogP contribution < -0.4 is 10.6 Å². The average molecular weight is 319 g/mol. The fourth-order valence-electron chi connectivity index (χ4n) is 2.12. The number of aromatic nitrogens is 1. The van der Waals surface area contributed by atoms with Gasteiger partial charge >= 0.3 is 0 Å². The maximum Gasteiger partial charge on any atom is 0.244 e. The number of nitrogens with zero attached hydrogens (tertiary/aromatic N) is 1. The molecular weight excluding hydrogens is 302 g/mol. The smallest absolute Gasteiger partial charge is 0.244 e. The number of benzene rings is 1. The first-order valence-electron chi connectivity index (χ1n) is 6.78. The third-order valence-corrected chi connectivity index (χ3v) is 5.27. The molecule has 3 rings (SSSR count). The number of rotatable bonds is 3. The SMILES string of the molecule is Cc1ccc(-c2csc(NC(=O)C3CSCN3)n2)cc1C. The van der Waals surface area contributed by atoms with Gasteiger partial charge < -0.3 is 5.32 Å². The van der Waals surface area contributed by atoms with E-state index in [0.717, 1.165) is 22.9 Å². The molecule has 0 radical (unpaired) electrons. The zero-order valence-corrected chi connectivity index (χ0v) is 13.6.